The molecule has 0 spiro atoms. The first kappa shape index (κ1) is 18.6. The van der Waals surface area contributed by atoms with E-state index in [1.54, 1.807) is 4.90 Å². The van der Waals surface area contributed by atoms with Crippen molar-refractivity contribution in [1.29, 1.82) is 0 Å². The van der Waals surface area contributed by atoms with E-state index >= 15 is 0 Å². The van der Waals surface area contributed by atoms with Gasteiger partial charge in [-0.15, -0.1) is 0 Å². The zero-order valence-electron chi connectivity index (χ0n) is 17.1. The highest BCUT2D eigenvalue weighted by atomic mass is 16.5. The Morgan fingerprint density at radius 1 is 0.897 bits per heavy atom. The van der Waals surface area contributed by atoms with Crippen molar-refractivity contribution < 1.29 is 19.3 Å². The third-order valence-electron chi connectivity index (χ3n) is 6.67. The molecule has 2 aliphatic heterocycles. The van der Waals surface area contributed by atoms with E-state index in [2.05, 4.69) is 41.7 Å². The Labute approximate surface area is 172 Å². The monoisotopic (exact) mass is 393 g/mol. The smallest absolute Gasteiger partial charge is 0.279 e. The Hall–Kier alpha value is -2.37. The molecule has 3 N–H and O–H groups in total. The van der Waals surface area contributed by atoms with Gasteiger partial charge < -0.3 is 19.9 Å². The van der Waals surface area contributed by atoms with Gasteiger partial charge in [-0.3, -0.25) is 4.79 Å². The fraction of sp³-hybridized carbons (Fsp3) is 0.458. The number of hydrogen-bond acceptors (Lipinski definition) is 2. The Bertz CT molecular complexity index is 903. The lowest BCUT2D eigenvalue weighted by atomic mass is 10.1. The van der Waals surface area contributed by atoms with E-state index in [1.165, 1.54) is 40.0 Å². The fourth-order valence-electron chi connectivity index (χ4n) is 5.03. The van der Waals surface area contributed by atoms with Crippen LogP contribution in [0.3, 0.4) is 0 Å². The highest BCUT2D eigenvalue weighted by Gasteiger charge is 2.25. The number of benzene rings is 2. The topological polar surface area (TPSA) is 47.2 Å². The molecule has 1 amide bonds. The summed E-state index contributed by atoms with van der Waals surface area (Å²) in [6.07, 6.45) is 4.60. The quantitative estimate of drug-likeness (QED) is 0.672. The number of carbonyl (C=O) groups excluding carboxylic acids is 1. The number of piperazine rings is 1. The summed E-state index contributed by atoms with van der Waals surface area (Å²) >= 11 is 0. The van der Waals surface area contributed by atoms with E-state index in [0.29, 0.717) is 6.54 Å². The van der Waals surface area contributed by atoms with Crippen LogP contribution in [0.15, 0.2) is 36.4 Å². The predicted molar refractivity (Wildman–Crippen MR) is 113 cm³/mol. The number of amides is 1. The molecule has 0 saturated carbocycles. The highest BCUT2D eigenvalue weighted by molar-refractivity contribution is 5.91. The van der Waals surface area contributed by atoms with Gasteiger partial charge in [0, 0.05) is 17.7 Å². The number of nitrogens with one attached hydrogen (secondary N) is 3. The van der Waals surface area contributed by atoms with E-state index < -0.39 is 0 Å². The molecule has 0 unspecified atom stereocenters. The van der Waals surface area contributed by atoms with Gasteiger partial charge in [0.05, 0.1) is 6.61 Å². The first-order valence-corrected chi connectivity index (χ1v) is 11.1. The van der Waals surface area contributed by atoms with Crippen molar-refractivity contribution in [2.45, 2.75) is 32.2 Å². The van der Waals surface area contributed by atoms with Gasteiger partial charge >= 0.3 is 0 Å². The predicted octanol–water partition coefficient (Wildman–Crippen LogP) is 0.0323. The molecule has 0 atom stereocenters. The number of hydrogen-bond donors (Lipinski definition) is 3. The van der Waals surface area contributed by atoms with Gasteiger partial charge in [0.15, 0.2) is 6.54 Å². The van der Waals surface area contributed by atoms with Gasteiger partial charge in [0.25, 0.3) is 5.91 Å². The number of ether oxygens (including phenoxy) is 1. The summed E-state index contributed by atoms with van der Waals surface area (Å²) in [7, 11) is 0. The standard InChI is InChI=1S/C24H29N3O2/c28-24(25-22-6-5-19-2-1-3-20(19)15-22)17-27-11-9-26(10-12-27)16-18-4-7-23-21(14-18)8-13-29-23/h4-7,14-15H,1-3,8-13,16-17H2,(H,25,28)/p+2. The fourth-order valence-corrected chi connectivity index (χ4v) is 5.03. The average molecular weight is 394 g/mol. The maximum Gasteiger partial charge on any atom is 0.279 e. The van der Waals surface area contributed by atoms with Crippen molar-refractivity contribution in [2.75, 3.05) is 44.6 Å². The molecule has 5 heteroatoms. The van der Waals surface area contributed by atoms with Crippen LogP contribution >= 0.6 is 0 Å². The molecule has 0 radical (unpaired) electrons. The van der Waals surface area contributed by atoms with Gasteiger partial charge in [-0.05, 0) is 66.3 Å². The van der Waals surface area contributed by atoms with Crippen molar-refractivity contribution in [2.24, 2.45) is 0 Å². The van der Waals surface area contributed by atoms with Crippen molar-refractivity contribution >= 4 is 11.6 Å². The van der Waals surface area contributed by atoms with Gasteiger partial charge in [0.1, 0.15) is 38.5 Å². The summed E-state index contributed by atoms with van der Waals surface area (Å²) in [5.74, 6) is 1.20. The Morgan fingerprint density at radius 2 is 1.72 bits per heavy atom. The third kappa shape index (κ3) is 4.31. The summed E-state index contributed by atoms with van der Waals surface area (Å²) in [6, 6.07) is 13.1. The summed E-state index contributed by atoms with van der Waals surface area (Å²) in [5, 5.41) is 3.12. The Kier molecular flexibility index (Phi) is 5.25. The molecular weight excluding hydrogens is 362 g/mol. The van der Waals surface area contributed by atoms with Crippen molar-refractivity contribution in [3.63, 3.8) is 0 Å². The Balaban J connectivity index is 1.09. The summed E-state index contributed by atoms with van der Waals surface area (Å²) in [5.41, 5.74) is 6.57. The van der Waals surface area contributed by atoms with Crippen molar-refractivity contribution in [3.8, 4) is 5.75 Å². The van der Waals surface area contributed by atoms with Crippen LogP contribution in [0.4, 0.5) is 5.69 Å². The minimum Gasteiger partial charge on any atom is -0.493 e. The largest absolute Gasteiger partial charge is 0.493 e. The SMILES string of the molecule is O=C(C[NH+]1CC[NH+](Cc2ccc3c(c2)CCO3)CC1)Nc1ccc2c(c1)CCC2. The maximum absolute atomic E-state index is 12.5. The zero-order chi connectivity index (χ0) is 19.6. The molecule has 0 aromatic heterocycles. The molecule has 2 heterocycles. The summed E-state index contributed by atoms with van der Waals surface area (Å²) < 4.78 is 5.61. The lowest BCUT2D eigenvalue weighted by Gasteiger charge is -2.29. The maximum atomic E-state index is 12.5. The van der Waals surface area contributed by atoms with Crippen LogP contribution in [0.1, 0.15) is 28.7 Å². The molecule has 1 saturated heterocycles. The second kappa shape index (κ2) is 8.17. The normalized spacial score (nSPS) is 22.6. The minimum absolute atomic E-state index is 0.139. The number of aryl methyl sites for hydroxylation is 2. The molecule has 3 aliphatic rings. The molecule has 0 bridgehead atoms. The molecule has 29 heavy (non-hydrogen) atoms. The first-order valence-electron chi connectivity index (χ1n) is 11.1. The molecular formula is C24H31N3O2+2. The van der Waals surface area contributed by atoms with E-state index in [9.17, 15) is 4.79 Å². The van der Waals surface area contributed by atoms with Crippen LogP contribution in [0.5, 0.6) is 5.75 Å². The van der Waals surface area contributed by atoms with Crippen molar-refractivity contribution in [3.05, 3.63) is 58.7 Å². The van der Waals surface area contributed by atoms with E-state index in [0.717, 1.165) is 63.6 Å². The molecule has 152 valence electrons. The van der Waals surface area contributed by atoms with Crippen LogP contribution in [0, 0.1) is 0 Å². The zero-order valence-corrected chi connectivity index (χ0v) is 17.1. The lowest BCUT2D eigenvalue weighted by Crippen LogP contribution is -3.28. The molecule has 5 rings (SSSR count). The van der Waals surface area contributed by atoms with Gasteiger partial charge in [-0.1, -0.05) is 6.07 Å². The van der Waals surface area contributed by atoms with Gasteiger partial charge in [-0.25, -0.2) is 0 Å². The number of quaternary nitrogens is 2. The van der Waals surface area contributed by atoms with Crippen LogP contribution in [0.2, 0.25) is 0 Å². The van der Waals surface area contributed by atoms with Gasteiger partial charge in [-0.2, -0.15) is 0 Å². The van der Waals surface area contributed by atoms with E-state index in [-0.39, 0.29) is 5.91 Å². The average Bonchev–Trinajstić information content (AvgIpc) is 3.37. The van der Waals surface area contributed by atoms with Gasteiger partial charge in [0.2, 0.25) is 0 Å². The molecule has 2 aromatic carbocycles. The van der Waals surface area contributed by atoms with E-state index in [1.807, 2.05) is 0 Å². The highest BCUT2D eigenvalue weighted by Crippen LogP contribution is 2.26. The van der Waals surface area contributed by atoms with Crippen LogP contribution in [-0.2, 0) is 30.6 Å². The summed E-state index contributed by atoms with van der Waals surface area (Å²) in [6.45, 7) is 6.82. The first-order chi connectivity index (χ1) is 14.2. The molecule has 1 aliphatic carbocycles. The van der Waals surface area contributed by atoms with Crippen molar-refractivity contribution in [1.82, 2.24) is 0 Å². The third-order valence-corrected chi connectivity index (χ3v) is 6.67. The second-order valence-electron chi connectivity index (χ2n) is 8.78. The number of fused-ring (bicyclic) bond motifs is 2. The number of carbonyl (C=O) groups is 1. The lowest BCUT2D eigenvalue weighted by molar-refractivity contribution is -1.02. The number of anilines is 1. The van der Waals surface area contributed by atoms with Crippen LogP contribution in [-0.4, -0.2) is 45.2 Å². The van der Waals surface area contributed by atoms with Crippen LogP contribution in [0.25, 0.3) is 0 Å². The minimum atomic E-state index is 0.139. The molecule has 5 nitrogen and oxygen atoms in total. The molecule has 1 fully saturated rings. The summed E-state index contributed by atoms with van der Waals surface area (Å²) in [4.78, 5) is 15.5. The second-order valence-corrected chi connectivity index (χ2v) is 8.78. The van der Waals surface area contributed by atoms with E-state index in [4.69, 9.17) is 4.74 Å². The number of rotatable bonds is 5. The van der Waals surface area contributed by atoms with Crippen LogP contribution < -0.4 is 19.9 Å². The Morgan fingerprint density at radius 3 is 2.62 bits per heavy atom. The molecule has 2 aromatic rings.